The number of aromatic nitrogens is 3. The molecule has 0 aliphatic heterocycles. The van der Waals surface area contributed by atoms with Crippen LogP contribution in [0.15, 0.2) is 42.2 Å². The minimum absolute atomic E-state index is 0. The predicted molar refractivity (Wildman–Crippen MR) is 111 cm³/mol. The lowest BCUT2D eigenvalue weighted by molar-refractivity contribution is 0.0934. The molecule has 1 atom stereocenters. The van der Waals surface area contributed by atoms with Crippen molar-refractivity contribution in [3.8, 4) is 0 Å². The zero-order chi connectivity index (χ0) is 19.2. The molecule has 3 rings (SSSR count). The summed E-state index contributed by atoms with van der Waals surface area (Å²) >= 11 is 7.64. The molecule has 0 aromatic carbocycles. The van der Waals surface area contributed by atoms with Crippen LogP contribution in [0.25, 0.3) is 0 Å². The SMILES string of the molecule is CCC[C@@H](NC(=O)c1nccs1)c1cnc(Nc2ccc(F)nc2)c(Cl)c1.Cl. The number of hydrogen-bond acceptors (Lipinski definition) is 6. The summed E-state index contributed by atoms with van der Waals surface area (Å²) in [6, 6.07) is 4.33. The second-order valence-corrected chi connectivity index (χ2v) is 7.05. The normalized spacial score (nSPS) is 11.4. The van der Waals surface area contributed by atoms with Gasteiger partial charge in [-0.05, 0) is 30.2 Å². The van der Waals surface area contributed by atoms with E-state index in [2.05, 4.69) is 25.6 Å². The molecule has 3 heterocycles. The molecule has 2 N–H and O–H groups in total. The van der Waals surface area contributed by atoms with E-state index in [0.717, 1.165) is 18.4 Å². The van der Waals surface area contributed by atoms with Crippen LogP contribution in [0.3, 0.4) is 0 Å². The standard InChI is InChI=1S/C18H17ClFN5OS.ClH/c1-2-3-14(25-17(26)18-21-6-7-27-18)11-8-13(19)16(23-9-11)24-12-4-5-15(20)22-10-12;/h4-10,14H,2-3H2,1H3,(H,23,24)(H,25,26);1H/t14-;/m1./s1. The smallest absolute Gasteiger partial charge is 0.280 e. The number of halogens is 3. The Morgan fingerprint density at radius 1 is 1.29 bits per heavy atom. The Morgan fingerprint density at radius 3 is 2.71 bits per heavy atom. The van der Waals surface area contributed by atoms with Crippen molar-refractivity contribution in [2.24, 2.45) is 0 Å². The molecule has 0 aliphatic carbocycles. The number of anilines is 2. The maximum absolute atomic E-state index is 12.9. The van der Waals surface area contributed by atoms with E-state index in [-0.39, 0.29) is 24.4 Å². The molecule has 28 heavy (non-hydrogen) atoms. The lowest BCUT2D eigenvalue weighted by Crippen LogP contribution is -2.28. The molecule has 0 bridgehead atoms. The highest BCUT2D eigenvalue weighted by molar-refractivity contribution is 7.11. The topological polar surface area (TPSA) is 79.8 Å². The van der Waals surface area contributed by atoms with Gasteiger partial charge in [-0.3, -0.25) is 4.79 Å². The van der Waals surface area contributed by atoms with Crippen LogP contribution in [-0.4, -0.2) is 20.9 Å². The Bertz CT molecular complexity index is 909. The first kappa shape index (κ1) is 22.0. The minimum atomic E-state index is -0.562. The summed E-state index contributed by atoms with van der Waals surface area (Å²) in [5.41, 5.74) is 1.37. The Morgan fingerprint density at radius 2 is 2.11 bits per heavy atom. The molecule has 3 aromatic rings. The van der Waals surface area contributed by atoms with Crippen LogP contribution in [0.1, 0.15) is 41.2 Å². The predicted octanol–water partition coefficient (Wildman–Crippen LogP) is 5.16. The van der Waals surface area contributed by atoms with E-state index in [9.17, 15) is 9.18 Å². The van der Waals surface area contributed by atoms with Gasteiger partial charge >= 0.3 is 0 Å². The summed E-state index contributed by atoms with van der Waals surface area (Å²) in [5, 5.41) is 8.53. The Hall–Kier alpha value is -2.29. The van der Waals surface area contributed by atoms with Crippen molar-refractivity contribution in [1.29, 1.82) is 0 Å². The Kier molecular flexibility index (Phi) is 8.10. The van der Waals surface area contributed by atoms with Gasteiger partial charge in [0, 0.05) is 17.8 Å². The van der Waals surface area contributed by atoms with Crippen molar-refractivity contribution in [3.05, 3.63) is 63.7 Å². The van der Waals surface area contributed by atoms with Gasteiger partial charge in [-0.25, -0.2) is 15.0 Å². The van der Waals surface area contributed by atoms with Crippen molar-refractivity contribution in [1.82, 2.24) is 20.3 Å². The molecule has 6 nitrogen and oxygen atoms in total. The number of nitrogens with zero attached hydrogens (tertiary/aromatic N) is 3. The highest BCUT2D eigenvalue weighted by atomic mass is 35.5. The summed E-state index contributed by atoms with van der Waals surface area (Å²) < 4.78 is 12.9. The van der Waals surface area contributed by atoms with E-state index in [1.54, 1.807) is 29.9 Å². The van der Waals surface area contributed by atoms with Crippen LogP contribution in [0, 0.1) is 5.95 Å². The maximum Gasteiger partial charge on any atom is 0.280 e. The van der Waals surface area contributed by atoms with Gasteiger partial charge in [0.1, 0.15) is 5.82 Å². The Balaban J connectivity index is 0.00000280. The third-order valence-corrected chi connectivity index (χ3v) is 4.82. The van der Waals surface area contributed by atoms with E-state index in [1.165, 1.54) is 23.6 Å². The van der Waals surface area contributed by atoms with Crippen LogP contribution in [0.2, 0.25) is 5.02 Å². The van der Waals surface area contributed by atoms with Gasteiger partial charge in [-0.15, -0.1) is 23.7 Å². The molecule has 0 aliphatic rings. The fraction of sp³-hybridized carbons (Fsp3) is 0.222. The number of nitrogens with one attached hydrogen (secondary N) is 2. The first-order chi connectivity index (χ1) is 13.1. The summed E-state index contributed by atoms with van der Waals surface area (Å²) in [4.78, 5) is 24.3. The van der Waals surface area contributed by atoms with Gasteiger partial charge in [0.25, 0.3) is 5.91 Å². The van der Waals surface area contributed by atoms with Crippen LogP contribution in [0.5, 0.6) is 0 Å². The second-order valence-electron chi connectivity index (χ2n) is 5.75. The lowest BCUT2D eigenvalue weighted by Gasteiger charge is -2.19. The van der Waals surface area contributed by atoms with Crippen LogP contribution < -0.4 is 10.6 Å². The van der Waals surface area contributed by atoms with E-state index in [0.29, 0.717) is 21.5 Å². The highest BCUT2D eigenvalue weighted by Crippen LogP contribution is 2.28. The highest BCUT2D eigenvalue weighted by Gasteiger charge is 2.18. The number of pyridine rings is 2. The fourth-order valence-corrected chi connectivity index (χ4v) is 3.25. The number of carbonyl (C=O) groups is 1. The van der Waals surface area contributed by atoms with Gasteiger partial charge in [-0.2, -0.15) is 4.39 Å². The number of rotatable bonds is 7. The third kappa shape index (κ3) is 5.60. The van der Waals surface area contributed by atoms with Gasteiger partial charge in [0.05, 0.1) is 22.9 Å². The summed E-state index contributed by atoms with van der Waals surface area (Å²) in [6.07, 6.45) is 6.23. The molecule has 0 saturated carbocycles. The van der Waals surface area contributed by atoms with Crippen molar-refractivity contribution >= 4 is 52.8 Å². The number of amides is 1. The molecule has 148 valence electrons. The summed E-state index contributed by atoms with van der Waals surface area (Å²) in [6.45, 7) is 2.04. The molecule has 0 unspecified atom stereocenters. The van der Waals surface area contributed by atoms with E-state index >= 15 is 0 Å². The number of carbonyl (C=O) groups excluding carboxylic acids is 1. The van der Waals surface area contributed by atoms with Crippen LogP contribution >= 0.6 is 35.3 Å². The van der Waals surface area contributed by atoms with E-state index in [4.69, 9.17) is 11.6 Å². The molecule has 1 amide bonds. The van der Waals surface area contributed by atoms with E-state index < -0.39 is 5.95 Å². The third-order valence-electron chi connectivity index (χ3n) is 3.76. The second kappa shape index (κ2) is 10.3. The van der Waals surface area contributed by atoms with Gasteiger partial charge in [-0.1, -0.05) is 24.9 Å². The van der Waals surface area contributed by atoms with Gasteiger partial charge in [0.15, 0.2) is 5.01 Å². The molecule has 0 spiro atoms. The van der Waals surface area contributed by atoms with Crippen molar-refractivity contribution in [2.75, 3.05) is 5.32 Å². The average Bonchev–Trinajstić information content (AvgIpc) is 3.20. The van der Waals surface area contributed by atoms with Gasteiger partial charge < -0.3 is 10.6 Å². The molecule has 0 radical (unpaired) electrons. The molecule has 0 saturated heterocycles. The average molecular weight is 442 g/mol. The minimum Gasteiger partial charge on any atom is -0.343 e. The first-order valence-electron chi connectivity index (χ1n) is 8.31. The first-order valence-corrected chi connectivity index (χ1v) is 9.57. The largest absolute Gasteiger partial charge is 0.343 e. The maximum atomic E-state index is 12.9. The zero-order valence-corrected chi connectivity index (χ0v) is 17.2. The Labute approximate surface area is 177 Å². The lowest BCUT2D eigenvalue weighted by atomic mass is 10.0. The zero-order valence-electron chi connectivity index (χ0n) is 14.9. The molecular formula is C18H18Cl2FN5OS. The molecular weight excluding hydrogens is 424 g/mol. The fourth-order valence-electron chi connectivity index (χ4n) is 2.49. The monoisotopic (exact) mass is 441 g/mol. The molecule has 0 fully saturated rings. The van der Waals surface area contributed by atoms with Gasteiger partial charge in [0.2, 0.25) is 5.95 Å². The van der Waals surface area contributed by atoms with E-state index in [1.807, 2.05) is 6.92 Å². The molecule has 10 heteroatoms. The van der Waals surface area contributed by atoms with Crippen LogP contribution in [0.4, 0.5) is 15.9 Å². The van der Waals surface area contributed by atoms with Crippen molar-refractivity contribution in [3.63, 3.8) is 0 Å². The summed E-state index contributed by atoms with van der Waals surface area (Å²) in [5.74, 6) is -0.359. The number of hydrogen-bond donors (Lipinski definition) is 2. The van der Waals surface area contributed by atoms with Crippen LogP contribution in [-0.2, 0) is 0 Å². The van der Waals surface area contributed by atoms with Crippen molar-refractivity contribution in [2.45, 2.75) is 25.8 Å². The summed E-state index contributed by atoms with van der Waals surface area (Å²) in [7, 11) is 0. The quantitative estimate of drug-likeness (QED) is 0.494. The number of thiazole rings is 1. The van der Waals surface area contributed by atoms with Crippen molar-refractivity contribution < 1.29 is 9.18 Å². The molecule has 3 aromatic heterocycles.